The zero-order valence-corrected chi connectivity index (χ0v) is 11.3. The van der Waals surface area contributed by atoms with Crippen molar-refractivity contribution in [3.05, 3.63) is 35.9 Å². The summed E-state index contributed by atoms with van der Waals surface area (Å²) >= 11 is 0. The van der Waals surface area contributed by atoms with Gasteiger partial charge in [-0.1, -0.05) is 37.3 Å². The summed E-state index contributed by atoms with van der Waals surface area (Å²) in [5, 5.41) is 0. The van der Waals surface area contributed by atoms with E-state index in [0.717, 1.165) is 31.7 Å². The molecule has 3 nitrogen and oxygen atoms in total. The fourth-order valence-corrected chi connectivity index (χ4v) is 2.51. The van der Waals surface area contributed by atoms with Crippen molar-refractivity contribution < 1.29 is 4.79 Å². The van der Waals surface area contributed by atoms with Crippen molar-refractivity contribution in [3.63, 3.8) is 0 Å². The van der Waals surface area contributed by atoms with Gasteiger partial charge >= 0.3 is 0 Å². The van der Waals surface area contributed by atoms with E-state index in [4.69, 9.17) is 0 Å². The molecule has 0 aliphatic carbocycles. The summed E-state index contributed by atoms with van der Waals surface area (Å²) < 4.78 is 0. The monoisotopic (exact) mass is 246 g/mol. The van der Waals surface area contributed by atoms with Gasteiger partial charge in [-0.3, -0.25) is 9.69 Å². The van der Waals surface area contributed by atoms with Gasteiger partial charge in [0.2, 0.25) is 0 Å². The van der Waals surface area contributed by atoms with Gasteiger partial charge in [-0.25, -0.2) is 0 Å². The highest BCUT2D eigenvalue weighted by Gasteiger charge is 2.28. The quantitative estimate of drug-likeness (QED) is 0.811. The number of piperazine rings is 1. The average Bonchev–Trinajstić information content (AvgIpc) is 2.42. The van der Waals surface area contributed by atoms with Crippen LogP contribution in [0.4, 0.5) is 0 Å². The smallest absolute Gasteiger partial charge is 0.154 e. The van der Waals surface area contributed by atoms with Crippen molar-refractivity contribution >= 4 is 5.78 Å². The second-order valence-corrected chi connectivity index (χ2v) is 4.97. The lowest BCUT2D eigenvalue weighted by Gasteiger charge is -2.37. The highest BCUT2D eigenvalue weighted by atomic mass is 16.1. The Morgan fingerprint density at radius 1 is 1.17 bits per heavy atom. The lowest BCUT2D eigenvalue weighted by Crippen LogP contribution is -2.47. The molecule has 0 bridgehead atoms. The molecule has 98 valence electrons. The normalized spacial score (nSPS) is 19.7. The Kier molecular flexibility index (Phi) is 4.50. The number of likely N-dealkylation sites (N-methyl/N-ethyl adjacent to an activating group) is 1. The third-order valence-electron chi connectivity index (χ3n) is 3.67. The summed E-state index contributed by atoms with van der Waals surface area (Å²) in [6.07, 6.45) is 0.603. The third kappa shape index (κ3) is 2.98. The molecule has 1 aliphatic rings. The minimum Gasteiger partial charge on any atom is -0.304 e. The van der Waals surface area contributed by atoms with Gasteiger partial charge in [0.15, 0.2) is 5.78 Å². The van der Waals surface area contributed by atoms with E-state index in [0.29, 0.717) is 12.2 Å². The summed E-state index contributed by atoms with van der Waals surface area (Å²) in [5.41, 5.74) is 1.13. The molecule has 0 radical (unpaired) electrons. The zero-order chi connectivity index (χ0) is 13.0. The summed E-state index contributed by atoms with van der Waals surface area (Å²) in [7, 11) is 2.14. The number of hydrogen-bond acceptors (Lipinski definition) is 3. The molecule has 0 N–H and O–H groups in total. The van der Waals surface area contributed by atoms with E-state index >= 15 is 0 Å². The molecule has 0 spiro atoms. The molecule has 0 aromatic heterocycles. The van der Waals surface area contributed by atoms with Crippen LogP contribution in [0.1, 0.15) is 24.9 Å². The fourth-order valence-electron chi connectivity index (χ4n) is 2.51. The first-order chi connectivity index (χ1) is 8.72. The number of nitrogens with zero attached hydrogens (tertiary/aromatic N) is 2. The van der Waals surface area contributed by atoms with E-state index in [1.54, 1.807) is 0 Å². The molecule has 1 aromatic carbocycles. The van der Waals surface area contributed by atoms with E-state index in [-0.39, 0.29) is 6.04 Å². The fraction of sp³-hybridized carbons (Fsp3) is 0.533. The van der Waals surface area contributed by atoms with Gasteiger partial charge in [0.25, 0.3) is 0 Å². The van der Waals surface area contributed by atoms with Gasteiger partial charge in [0.05, 0.1) is 6.04 Å². The molecule has 0 amide bonds. The lowest BCUT2D eigenvalue weighted by molar-refractivity contribution is -0.125. The first kappa shape index (κ1) is 13.2. The molecule has 2 rings (SSSR count). The van der Waals surface area contributed by atoms with Crippen molar-refractivity contribution in [2.75, 3.05) is 33.2 Å². The molecule has 1 fully saturated rings. The molecule has 1 saturated heterocycles. The third-order valence-corrected chi connectivity index (χ3v) is 3.67. The van der Waals surface area contributed by atoms with Crippen LogP contribution in [-0.2, 0) is 4.79 Å². The van der Waals surface area contributed by atoms with Crippen LogP contribution in [0, 0.1) is 0 Å². The predicted octanol–water partition coefficient (Wildman–Crippen LogP) is 1.95. The Morgan fingerprint density at radius 2 is 1.78 bits per heavy atom. The van der Waals surface area contributed by atoms with Gasteiger partial charge in [0.1, 0.15) is 0 Å². The summed E-state index contributed by atoms with van der Waals surface area (Å²) in [6, 6.07) is 10.1. The van der Waals surface area contributed by atoms with Crippen LogP contribution in [0.2, 0.25) is 0 Å². The van der Waals surface area contributed by atoms with Crippen LogP contribution in [0.25, 0.3) is 0 Å². The molecule has 1 unspecified atom stereocenters. The topological polar surface area (TPSA) is 23.6 Å². The maximum absolute atomic E-state index is 12.2. The van der Waals surface area contributed by atoms with E-state index in [1.807, 2.05) is 25.1 Å². The first-order valence-electron chi connectivity index (χ1n) is 6.72. The van der Waals surface area contributed by atoms with Crippen LogP contribution in [0.3, 0.4) is 0 Å². The van der Waals surface area contributed by atoms with Gasteiger partial charge < -0.3 is 4.90 Å². The van der Waals surface area contributed by atoms with Crippen LogP contribution < -0.4 is 0 Å². The van der Waals surface area contributed by atoms with Crippen LogP contribution >= 0.6 is 0 Å². The molecular formula is C15H22N2O. The van der Waals surface area contributed by atoms with Crippen LogP contribution in [0.5, 0.6) is 0 Å². The van der Waals surface area contributed by atoms with E-state index in [9.17, 15) is 4.79 Å². The zero-order valence-electron chi connectivity index (χ0n) is 11.3. The second-order valence-electron chi connectivity index (χ2n) is 4.97. The lowest BCUT2D eigenvalue weighted by atomic mass is 9.98. The Balaban J connectivity index is 2.18. The van der Waals surface area contributed by atoms with E-state index in [1.165, 1.54) is 0 Å². The standard InChI is InChI=1S/C15H22N2O/c1-3-14(18)15(13-7-5-4-6-8-13)17-11-9-16(2)10-12-17/h4-8,15H,3,9-12H2,1-2H3. The van der Waals surface area contributed by atoms with Gasteiger partial charge in [-0.05, 0) is 12.6 Å². The van der Waals surface area contributed by atoms with Crippen LogP contribution in [0.15, 0.2) is 30.3 Å². The minimum atomic E-state index is -0.0510. The average molecular weight is 246 g/mol. The molecule has 18 heavy (non-hydrogen) atoms. The molecule has 3 heteroatoms. The van der Waals surface area contributed by atoms with Gasteiger partial charge in [0, 0.05) is 32.6 Å². The molecule has 1 heterocycles. The van der Waals surface area contributed by atoms with Crippen molar-refractivity contribution in [1.29, 1.82) is 0 Å². The number of carbonyl (C=O) groups excluding carboxylic acids is 1. The van der Waals surface area contributed by atoms with Crippen molar-refractivity contribution in [1.82, 2.24) is 9.80 Å². The Bertz CT molecular complexity index is 383. The van der Waals surface area contributed by atoms with Crippen LogP contribution in [-0.4, -0.2) is 48.8 Å². The maximum Gasteiger partial charge on any atom is 0.154 e. The summed E-state index contributed by atoms with van der Waals surface area (Å²) in [5.74, 6) is 0.325. The Labute approximate surface area is 109 Å². The molecule has 1 aromatic rings. The van der Waals surface area contributed by atoms with Crippen molar-refractivity contribution in [2.45, 2.75) is 19.4 Å². The summed E-state index contributed by atoms with van der Waals surface area (Å²) in [4.78, 5) is 16.9. The molecule has 0 saturated carbocycles. The molecule has 1 atom stereocenters. The number of ketones is 1. The SMILES string of the molecule is CCC(=O)C(c1ccccc1)N1CCN(C)CC1. The number of rotatable bonds is 4. The van der Waals surface area contributed by atoms with Gasteiger partial charge in [-0.15, -0.1) is 0 Å². The number of carbonyl (C=O) groups is 1. The van der Waals surface area contributed by atoms with Crippen molar-refractivity contribution in [2.24, 2.45) is 0 Å². The largest absolute Gasteiger partial charge is 0.304 e. The molecular weight excluding hydrogens is 224 g/mol. The Hall–Kier alpha value is -1.19. The highest BCUT2D eigenvalue weighted by Crippen LogP contribution is 2.24. The number of hydrogen-bond donors (Lipinski definition) is 0. The Morgan fingerprint density at radius 3 is 2.33 bits per heavy atom. The minimum absolute atomic E-state index is 0.0510. The van der Waals surface area contributed by atoms with Crippen molar-refractivity contribution in [3.8, 4) is 0 Å². The number of benzene rings is 1. The predicted molar refractivity (Wildman–Crippen MR) is 73.6 cm³/mol. The number of Topliss-reactive ketones (excluding diaryl/α,β-unsaturated/α-hetero) is 1. The highest BCUT2D eigenvalue weighted by molar-refractivity contribution is 5.85. The molecule has 1 aliphatic heterocycles. The van der Waals surface area contributed by atoms with Gasteiger partial charge in [-0.2, -0.15) is 0 Å². The summed E-state index contributed by atoms with van der Waals surface area (Å²) in [6.45, 7) is 5.98. The first-order valence-corrected chi connectivity index (χ1v) is 6.72. The van der Waals surface area contributed by atoms with E-state index < -0.39 is 0 Å². The maximum atomic E-state index is 12.2. The second kappa shape index (κ2) is 6.12. The van der Waals surface area contributed by atoms with E-state index in [2.05, 4.69) is 29.0 Å².